The number of aromatic amines is 1. The van der Waals surface area contributed by atoms with Crippen molar-refractivity contribution in [2.24, 2.45) is 0 Å². The van der Waals surface area contributed by atoms with Crippen molar-refractivity contribution in [3.05, 3.63) is 40.1 Å². The van der Waals surface area contributed by atoms with E-state index in [1.54, 1.807) is 30.1 Å². The van der Waals surface area contributed by atoms with Crippen LogP contribution in [-0.4, -0.2) is 33.8 Å². The summed E-state index contributed by atoms with van der Waals surface area (Å²) in [5, 5.41) is 11.6. The maximum absolute atomic E-state index is 12.2. The van der Waals surface area contributed by atoms with E-state index in [-0.39, 0.29) is 11.6 Å². The second-order valence-corrected chi connectivity index (χ2v) is 4.83. The van der Waals surface area contributed by atoms with Crippen LogP contribution < -0.4 is 0 Å². The van der Waals surface area contributed by atoms with Gasteiger partial charge in [-0.1, -0.05) is 12.1 Å². The lowest BCUT2D eigenvalue weighted by atomic mass is 10.2. The fourth-order valence-electron chi connectivity index (χ4n) is 2.23. The van der Waals surface area contributed by atoms with E-state index in [4.69, 9.17) is 0 Å². The van der Waals surface area contributed by atoms with Gasteiger partial charge in [-0.15, -0.1) is 0 Å². The minimum atomic E-state index is -0.447. The van der Waals surface area contributed by atoms with Crippen LogP contribution in [0.15, 0.2) is 24.3 Å². The van der Waals surface area contributed by atoms with E-state index < -0.39 is 4.92 Å². The summed E-state index contributed by atoms with van der Waals surface area (Å²) in [6.07, 6.45) is 2.06. The number of fused-ring (bicyclic) bond motifs is 1. The predicted molar refractivity (Wildman–Crippen MR) is 70.1 cm³/mol. The van der Waals surface area contributed by atoms with Gasteiger partial charge in [-0.2, -0.15) is 0 Å². The van der Waals surface area contributed by atoms with Crippen LogP contribution in [0.3, 0.4) is 0 Å². The second kappa shape index (κ2) is 4.08. The first-order valence-corrected chi connectivity index (χ1v) is 6.11. The fraction of sp³-hybridized carbons (Fsp3) is 0.308. The molecule has 1 fully saturated rings. The smallest absolute Gasteiger partial charge is 0.293 e. The molecular formula is C13H13N3O3. The summed E-state index contributed by atoms with van der Waals surface area (Å²) in [5.41, 5.74) is 0.796. The SMILES string of the molecule is CN(C(=O)c1cc2cccc([N+](=O)[O-])c2[nH]1)C1CC1. The highest BCUT2D eigenvalue weighted by atomic mass is 16.6. The number of para-hydroxylation sites is 1. The molecule has 0 radical (unpaired) electrons. The van der Waals surface area contributed by atoms with Crippen molar-refractivity contribution in [1.82, 2.24) is 9.88 Å². The maximum Gasteiger partial charge on any atom is 0.293 e. The number of nitrogens with zero attached hydrogens (tertiary/aromatic N) is 2. The van der Waals surface area contributed by atoms with Crippen molar-refractivity contribution in [3.63, 3.8) is 0 Å². The van der Waals surface area contributed by atoms with E-state index in [9.17, 15) is 14.9 Å². The highest BCUT2D eigenvalue weighted by Gasteiger charge is 2.31. The molecular weight excluding hydrogens is 246 g/mol. The minimum absolute atomic E-state index is 0.00868. The van der Waals surface area contributed by atoms with Gasteiger partial charge in [-0.05, 0) is 18.9 Å². The van der Waals surface area contributed by atoms with E-state index >= 15 is 0 Å². The van der Waals surface area contributed by atoms with Gasteiger partial charge in [0, 0.05) is 24.5 Å². The van der Waals surface area contributed by atoms with Gasteiger partial charge < -0.3 is 9.88 Å². The van der Waals surface area contributed by atoms with Crippen molar-refractivity contribution in [3.8, 4) is 0 Å². The van der Waals surface area contributed by atoms with Crippen LogP contribution in [0.5, 0.6) is 0 Å². The summed E-state index contributed by atoms with van der Waals surface area (Å²) in [4.78, 5) is 27.3. The van der Waals surface area contributed by atoms with Gasteiger partial charge in [-0.3, -0.25) is 14.9 Å². The van der Waals surface area contributed by atoms with Gasteiger partial charge in [-0.25, -0.2) is 0 Å². The van der Waals surface area contributed by atoms with Crippen LogP contribution in [0.1, 0.15) is 23.3 Å². The molecule has 3 rings (SSSR count). The number of carbonyl (C=O) groups excluding carboxylic acids is 1. The Morgan fingerprint density at radius 1 is 1.47 bits per heavy atom. The molecule has 0 unspecified atom stereocenters. The number of H-pyrrole nitrogens is 1. The van der Waals surface area contributed by atoms with Crippen molar-refractivity contribution in [1.29, 1.82) is 0 Å². The summed E-state index contributed by atoms with van der Waals surface area (Å²) >= 11 is 0. The van der Waals surface area contributed by atoms with Crippen LogP contribution in [-0.2, 0) is 0 Å². The molecule has 0 atom stereocenters. The number of nitro benzene ring substituents is 1. The van der Waals surface area contributed by atoms with E-state index in [1.165, 1.54) is 6.07 Å². The molecule has 1 amide bonds. The summed E-state index contributed by atoms with van der Waals surface area (Å²) in [6, 6.07) is 6.79. The number of nitro groups is 1. The number of benzene rings is 1. The summed E-state index contributed by atoms with van der Waals surface area (Å²) in [7, 11) is 1.76. The van der Waals surface area contributed by atoms with Crippen LogP contribution in [0.4, 0.5) is 5.69 Å². The van der Waals surface area contributed by atoms with Crippen molar-refractivity contribution < 1.29 is 9.72 Å². The van der Waals surface area contributed by atoms with Crippen LogP contribution in [0, 0.1) is 10.1 Å². The third kappa shape index (κ3) is 1.95. The van der Waals surface area contributed by atoms with E-state index in [1.807, 2.05) is 0 Å². The largest absolute Gasteiger partial charge is 0.345 e. The Balaban J connectivity index is 2.03. The van der Waals surface area contributed by atoms with Gasteiger partial charge in [0.25, 0.3) is 11.6 Å². The van der Waals surface area contributed by atoms with Crippen LogP contribution in [0.2, 0.25) is 0 Å². The standard InChI is InChI=1S/C13H13N3O3/c1-15(9-5-6-9)13(17)10-7-8-3-2-4-11(16(18)19)12(8)14-10/h2-4,7,9,14H,5-6H2,1H3. The Bertz CT molecular complexity index is 673. The molecule has 0 aliphatic heterocycles. The Kier molecular flexibility index (Phi) is 2.51. The lowest BCUT2D eigenvalue weighted by Gasteiger charge is -2.14. The molecule has 1 aliphatic rings. The Morgan fingerprint density at radius 3 is 2.84 bits per heavy atom. The lowest BCUT2D eigenvalue weighted by molar-refractivity contribution is -0.383. The van der Waals surface area contributed by atoms with Gasteiger partial charge in [0.15, 0.2) is 0 Å². The first-order valence-electron chi connectivity index (χ1n) is 6.11. The summed E-state index contributed by atoms with van der Waals surface area (Å²) in [5.74, 6) is -0.118. The minimum Gasteiger partial charge on any atom is -0.345 e. The number of aromatic nitrogens is 1. The Hall–Kier alpha value is -2.37. The number of carbonyl (C=O) groups is 1. The van der Waals surface area contributed by atoms with Crippen LogP contribution >= 0.6 is 0 Å². The average molecular weight is 259 g/mol. The van der Waals surface area contributed by atoms with Gasteiger partial charge in [0.1, 0.15) is 11.2 Å². The number of nitrogens with one attached hydrogen (secondary N) is 1. The third-order valence-corrected chi connectivity index (χ3v) is 3.48. The predicted octanol–water partition coefficient (Wildman–Crippen LogP) is 2.31. The van der Waals surface area contributed by atoms with E-state index in [0.29, 0.717) is 22.6 Å². The zero-order valence-corrected chi connectivity index (χ0v) is 10.4. The van der Waals surface area contributed by atoms with Crippen molar-refractivity contribution >= 4 is 22.5 Å². The molecule has 0 spiro atoms. The van der Waals surface area contributed by atoms with Gasteiger partial charge in [0.05, 0.1) is 4.92 Å². The van der Waals surface area contributed by atoms with E-state index in [2.05, 4.69) is 4.98 Å². The quantitative estimate of drug-likeness (QED) is 0.678. The number of hydrogen-bond donors (Lipinski definition) is 1. The topological polar surface area (TPSA) is 79.2 Å². The summed E-state index contributed by atoms with van der Waals surface area (Å²) in [6.45, 7) is 0. The lowest BCUT2D eigenvalue weighted by Crippen LogP contribution is -2.28. The van der Waals surface area contributed by atoms with Gasteiger partial charge >= 0.3 is 0 Å². The first kappa shape index (κ1) is 11.7. The molecule has 1 heterocycles. The molecule has 1 aliphatic carbocycles. The molecule has 2 aromatic rings. The second-order valence-electron chi connectivity index (χ2n) is 4.83. The van der Waals surface area contributed by atoms with E-state index in [0.717, 1.165) is 12.8 Å². The molecule has 19 heavy (non-hydrogen) atoms. The highest BCUT2D eigenvalue weighted by Crippen LogP contribution is 2.29. The molecule has 0 saturated heterocycles. The number of non-ortho nitro benzene ring substituents is 1. The first-order chi connectivity index (χ1) is 9.08. The molecule has 1 saturated carbocycles. The monoisotopic (exact) mass is 259 g/mol. The van der Waals surface area contributed by atoms with Gasteiger partial charge in [0.2, 0.25) is 0 Å². The zero-order chi connectivity index (χ0) is 13.6. The summed E-state index contributed by atoms with van der Waals surface area (Å²) < 4.78 is 0. The molecule has 0 bridgehead atoms. The fourth-order valence-corrected chi connectivity index (χ4v) is 2.23. The molecule has 1 N–H and O–H groups in total. The molecule has 6 heteroatoms. The van der Waals surface area contributed by atoms with Crippen molar-refractivity contribution in [2.75, 3.05) is 7.05 Å². The zero-order valence-electron chi connectivity index (χ0n) is 10.4. The maximum atomic E-state index is 12.2. The number of hydrogen-bond acceptors (Lipinski definition) is 3. The Labute approximate surface area is 109 Å². The van der Waals surface area contributed by atoms with Crippen LogP contribution in [0.25, 0.3) is 10.9 Å². The number of rotatable bonds is 3. The normalized spacial score (nSPS) is 14.6. The average Bonchev–Trinajstić information content (AvgIpc) is 3.14. The highest BCUT2D eigenvalue weighted by molar-refractivity contribution is 6.00. The number of amides is 1. The third-order valence-electron chi connectivity index (χ3n) is 3.48. The molecule has 98 valence electrons. The molecule has 1 aromatic heterocycles. The molecule has 1 aromatic carbocycles. The Morgan fingerprint density at radius 2 is 2.21 bits per heavy atom. The molecule has 6 nitrogen and oxygen atoms in total. The van der Waals surface area contributed by atoms with Crippen molar-refractivity contribution in [2.45, 2.75) is 18.9 Å².